The van der Waals surface area contributed by atoms with Crippen molar-refractivity contribution in [2.45, 2.75) is 0 Å². The van der Waals surface area contributed by atoms with E-state index in [2.05, 4.69) is 26.5 Å². The molecular weight excluding hydrogens is 364 g/mol. The highest BCUT2D eigenvalue weighted by molar-refractivity contribution is 9.10. The molecule has 0 spiro atoms. The number of phenols is 1. The van der Waals surface area contributed by atoms with Gasteiger partial charge in [-0.2, -0.15) is 5.10 Å². The molecule has 0 fully saturated rings. The van der Waals surface area contributed by atoms with Gasteiger partial charge in [0.05, 0.1) is 24.9 Å². The van der Waals surface area contributed by atoms with Crippen molar-refractivity contribution in [3.8, 4) is 17.2 Å². The fourth-order valence-corrected chi connectivity index (χ4v) is 2.34. The molecule has 120 valence electrons. The largest absolute Gasteiger partial charge is 0.508 e. The highest BCUT2D eigenvalue weighted by atomic mass is 79.9. The van der Waals surface area contributed by atoms with Gasteiger partial charge in [0, 0.05) is 17.2 Å². The van der Waals surface area contributed by atoms with Crippen LogP contribution in [0.15, 0.2) is 46.0 Å². The molecule has 0 saturated heterocycles. The lowest BCUT2D eigenvalue weighted by Gasteiger charge is -2.09. The van der Waals surface area contributed by atoms with Crippen LogP contribution in [0.1, 0.15) is 15.9 Å². The second-order valence-electron chi connectivity index (χ2n) is 4.47. The number of methoxy groups -OCH3 is 2. The van der Waals surface area contributed by atoms with E-state index in [0.717, 1.165) is 4.47 Å². The van der Waals surface area contributed by atoms with Gasteiger partial charge < -0.3 is 14.6 Å². The summed E-state index contributed by atoms with van der Waals surface area (Å²) >= 11 is 3.38. The molecule has 0 aliphatic rings. The number of hydrogen-bond acceptors (Lipinski definition) is 5. The lowest BCUT2D eigenvalue weighted by atomic mass is 10.2. The summed E-state index contributed by atoms with van der Waals surface area (Å²) in [4.78, 5) is 11.9. The first-order valence-corrected chi connectivity index (χ1v) is 7.38. The maximum atomic E-state index is 11.9. The lowest BCUT2D eigenvalue weighted by Crippen LogP contribution is -2.17. The number of benzene rings is 2. The first kappa shape index (κ1) is 16.8. The van der Waals surface area contributed by atoms with Crippen LogP contribution in [0.3, 0.4) is 0 Å². The fourth-order valence-electron chi connectivity index (χ4n) is 1.82. The van der Waals surface area contributed by atoms with Crippen LogP contribution >= 0.6 is 15.9 Å². The molecule has 2 aromatic rings. The second kappa shape index (κ2) is 7.64. The molecule has 0 saturated carbocycles. The summed E-state index contributed by atoms with van der Waals surface area (Å²) in [6.45, 7) is 0. The Hall–Kier alpha value is -2.54. The molecule has 0 aromatic heterocycles. The fraction of sp³-hybridized carbons (Fsp3) is 0.125. The Morgan fingerprint density at radius 1 is 1.17 bits per heavy atom. The number of nitrogens with zero attached hydrogens (tertiary/aromatic N) is 1. The number of halogens is 1. The maximum absolute atomic E-state index is 11.9. The lowest BCUT2D eigenvalue weighted by molar-refractivity contribution is 0.0955. The number of hydrazone groups is 1. The Morgan fingerprint density at radius 2 is 1.83 bits per heavy atom. The Labute approximate surface area is 141 Å². The first-order chi connectivity index (χ1) is 11.0. The van der Waals surface area contributed by atoms with Crippen LogP contribution in [0.5, 0.6) is 17.2 Å². The average Bonchev–Trinajstić information content (AvgIpc) is 2.55. The quantitative estimate of drug-likeness (QED) is 0.619. The van der Waals surface area contributed by atoms with Gasteiger partial charge >= 0.3 is 0 Å². The highest BCUT2D eigenvalue weighted by Crippen LogP contribution is 2.31. The van der Waals surface area contributed by atoms with E-state index >= 15 is 0 Å². The topological polar surface area (TPSA) is 80.2 Å². The molecule has 0 atom stereocenters. The number of phenolic OH excluding ortho intramolecular Hbond substituents is 1. The van der Waals surface area contributed by atoms with Crippen molar-refractivity contribution in [1.82, 2.24) is 5.43 Å². The van der Waals surface area contributed by atoms with Gasteiger partial charge in [0.2, 0.25) is 0 Å². The van der Waals surface area contributed by atoms with Crippen LogP contribution in [0.2, 0.25) is 0 Å². The van der Waals surface area contributed by atoms with Gasteiger partial charge in [-0.25, -0.2) is 5.43 Å². The number of ether oxygens (including phenoxy) is 2. The zero-order valence-corrected chi connectivity index (χ0v) is 14.1. The van der Waals surface area contributed by atoms with E-state index in [1.165, 1.54) is 37.6 Å². The molecule has 0 radical (unpaired) electrons. The predicted molar refractivity (Wildman–Crippen MR) is 90.4 cm³/mol. The van der Waals surface area contributed by atoms with Gasteiger partial charge in [-0.05, 0) is 46.3 Å². The Balaban J connectivity index is 2.12. The molecule has 6 nitrogen and oxygen atoms in total. The van der Waals surface area contributed by atoms with Gasteiger partial charge in [-0.15, -0.1) is 0 Å². The van der Waals surface area contributed by atoms with Gasteiger partial charge in [0.15, 0.2) is 0 Å². The van der Waals surface area contributed by atoms with Crippen molar-refractivity contribution in [1.29, 1.82) is 0 Å². The van der Waals surface area contributed by atoms with E-state index in [9.17, 15) is 9.90 Å². The molecule has 7 heteroatoms. The van der Waals surface area contributed by atoms with Crippen LogP contribution in [0.4, 0.5) is 0 Å². The van der Waals surface area contributed by atoms with Crippen molar-refractivity contribution in [2.75, 3.05) is 14.2 Å². The van der Waals surface area contributed by atoms with E-state index in [4.69, 9.17) is 9.47 Å². The molecular formula is C16H15BrN2O4. The number of aromatic hydroxyl groups is 1. The zero-order valence-electron chi connectivity index (χ0n) is 12.5. The number of carbonyl (C=O) groups excluding carboxylic acids is 1. The number of hydrogen-bond donors (Lipinski definition) is 2. The smallest absolute Gasteiger partial charge is 0.271 e. The SMILES string of the molecule is COc1cc(OC)c(/C=N\NC(=O)c2ccc(O)cc2)cc1Br. The van der Waals surface area contributed by atoms with Crippen LogP contribution in [0.25, 0.3) is 0 Å². The Bertz CT molecular complexity index is 730. The summed E-state index contributed by atoms with van der Waals surface area (Å²) in [6.07, 6.45) is 1.47. The van der Waals surface area contributed by atoms with Gasteiger partial charge in [0.1, 0.15) is 17.2 Å². The summed E-state index contributed by atoms with van der Waals surface area (Å²) in [5, 5.41) is 13.1. The third kappa shape index (κ3) is 4.23. The van der Waals surface area contributed by atoms with Crippen LogP contribution in [-0.2, 0) is 0 Å². The monoisotopic (exact) mass is 378 g/mol. The summed E-state index contributed by atoms with van der Waals surface area (Å²) < 4.78 is 11.2. The maximum Gasteiger partial charge on any atom is 0.271 e. The van der Waals surface area contributed by atoms with E-state index in [1.807, 2.05) is 0 Å². The molecule has 0 aliphatic heterocycles. The van der Waals surface area contributed by atoms with E-state index in [0.29, 0.717) is 22.6 Å². The normalized spacial score (nSPS) is 10.6. The van der Waals surface area contributed by atoms with Crippen LogP contribution in [-0.4, -0.2) is 31.4 Å². The second-order valence-corrected chi connectivity index (χ2v) is 5.33. The summed E-state index contributed by atoms with van der Waals surface area (Å²) in [6, 6.07) is 9.36. The number of rotatable bonds is 5. The molecule has 0 unspecified atom stereocenters. The number of carbonyl (C=O) groups is 1. The van der Waals surface area contributed by atoms with Crippen molar-refractivity contribution in [3.63, 3.8) is 0 Å². The average molecular weight is 379 g/mol. The van der Waals surface area contributed by atoms with Crippen LogP contribution < -0.4 is 14.9 Å². The first-order valence-electron chi connectivity index (χ1n) is 6.59. The molecule has 0 bridgehead atoms. The molecule has 2 N–H and O–H groups in total. The molecule has 1 amide bonds. The van der Waals surface area contributed by atoms with E-state index in [-0.39, 0.29) is 11.7 Å². The number of nitrogens with one attached hydrogen (secondary N) is 1. The molecule has 23 heavy (non-hydrogen) atoms. The van der Waals surface area contributed by atoms with Crippen molar-refractivity contribution in [3.05, 3.63) is 52.0 Å². The van der Waals surface area contributed by atoms with Gasteiger partial charge in [-0.3, -0.25) is 4.79 Å². The third-order valence-corrected chi connectivity index (χ3v) is 3.62. The van der Waals surface area contributed by atoms with Crippen molar-refractivity contribution >= 4 is 28.1 Å². The Morgan fingerprint density at radius 3 is 2.43 bits per heavy atom. The van der Waals surface area contributed by atoms with Crippen LogP contribution in [0, 0.1) is 0 Å². The molecule has 2 aromatic carbocycles. The number of amides is 1. The molecule has 0 heterocycles. The minimum Gasteiger partial charge on any atom is -0.508 e. The van der Waals surface area contributed by atoms with Crippen molar-refractivity contribution < 1.29 is 19.4 Å². The Kier molecular flexibility index (Phi) is 5.59. The molecule has 0 aliphatic carbocycles. The third-order valence-electron chi connectivity index (χ3n) is 3.00. The van der Waals surface area contributed by atoms with E-state index < -0.39 is 0 Å². The summed E-state index contributed by atoms with van der Waals surface area (Å²) in [7, 11) is 3.10. The zero-order chi connectivity index (χ0) is 16.8. The standard InChI is InChI=1S/C16H15BrN2O4/c1-22-14-8-15(23-2)13(17)7-11(14)9-18-19-16(21)10-3-5-12(20)6-4-10/h3-9,20H,1-2H3,(H,19,21)/b18-9-. The predicted octanol–water partition coefficient (Wildman–Crippen LogP) is 2.94. The van der Waals surface area contributed by atoms with Crippen molar-refractivity contribution in [2.24, 2.45) is 5.10 Å². The van der Waals surface area contributed by atoms with Gasteiger partial charge in [-0.1, -0.05) is 0 Å². The summed E-state index contributed by atoms with van der Waals surface area (Å²) in [5.74, 6) is 0.908. The van der Waals surface area contributed by atoms with Gasteiger partial charge in [0.25, 0.3) is 5.91 Å². The minimum atomic E-state index is -0.382. The summed E-state index contributed by atoms with van der Waals surface area (Å²) in [5.41, 5.74) is 3.48. The van der Waals surface area contributed by atoms with E-state index in [1.54, 1.807) is 19.2 Å². The minimum absolute atomic E-state index is 0.0953. The highest BCUT2D eigenvalue weighted by Gasteiger charge is 2.08. The molecule has 2 rings (SSSR count).